The Labute approximate surface area is 201 Å². The van der Waals surface area contributed by atoms with Gasteiger partial charge in [0.25, 0.3) is 5.91 Å². The van der Waals surface area contributed by atoms with Gasteiger partial charge in [-0.1, -0.05) is 36.4 Å². The van der Waals surface area contributed by atoms with Crippen LogP contribution in [0.15, 0.2) is 79.0 Å². The monoisotopic (exact) mass is 466 g/mol. The van der Waals surface area contributed by atoms with Crippen molar-refractivity contribution in [2.75, 3.05) is 21.7 Å². The molecule has 2 aromatic carbocycles. The van der Waals surface area contributed by atoms with Crippen LogP contribution < -0.4 is 14.7 Å². The standard InChI is InChI=1S/C27H22N4O4/c1-29-19-13-8-14-28-23(19)21(18-15-20(32)30(25(18)33)16-9-4-2-5-10-16)22-24(29)27(35)31(26(22)34)17-11-6-3-7-12-17/h2-14,18,21-22,24H,15H2,1H3/t18?,21-,22+,24-/m1/s1. The van der Waals surface area contributed by atoms with Crippen molar-refractivity contribution in [3.63, 3.8) is 0 Å². The first kappa shape index (κ1) is 21.2. The van der Waals surface area contributed by atoms with E-state index in [-0.39, 0.29) is 30.0 Å². The Hall–Kier alpha value is -4.33. The summed E-state index contributed by atoms with van der Waals surface area (Å²) in [5.74, 6) is -3.76. The van der Waals surface area contributed by atoms with Crippen molar-refractivity contribution in [3.8, 4) is 0 Å². The van der Waals surface area contributed by atoms with Crippen molar-refractivity contribution in [1.82, 2.24) is 4.98 Å². The third kappa shape index (κ3) is 3.02. The molecule has 0 aliphatic carbocycles. The fourth-order valence-corrected chi connectivity index (χ4v) is 5.78. The number of likely N-dealkylation sites (N-methyl/N-ethyl adjacent to an activating group) is 1. The average Bonchev–Trinajstić information content (AvgIpc) is 3.32. The SMILES string of the molecule is CN1c2cccnc2[C@H](C2CC(=O)N(c3ccccc3)C2=O)[C@@H]2C(=O)N(c3ccccc3)C(=O)[C@@H]21. The number of pyridine rings is 1. The van der Waals surface area contributed by atoms with E-state index in [1.165, 1.54) is 9.80 Å². The Bertz CT molecular complexity index is 1360. The highest BCUT2D eigenvalue weighted by Gasteiger charge is 2.61. The third-order valence-electron chi connectivity index (χ3n) is 7.28. The number of carbonyl (C=O) groups excluding carboxylic acids is 4. The maximum Gasteiger partial charge on any atom is 0.257 e. The summed E-state index contributed by atoms with van der Waals surface area (Å²) in [5.41, 5.74) is 2.23. The summed E-state index contributed by atoms with van der Waals surface area (Å²) >= 11 is 0. The van der Waals surface area contributed by atoms with Gasteiger partial charge >= 0.3 is 0 Å². The lowest BCUT2D eigenvalue weighted by molar-refractivity contribution is -0.124. The molecule has 0 spiro atoms. The Morgan fingerprint density at radius 2 is 1.34 bits per heavy atom. The molecule has 0 saturated carbocycles. The first-order valence-corrected chi connectivity index (χ1v) is 11.5. The molecule has 35 heavy (non-hydrogen) atoms. The van der Waals surface area contributed by atoms with Crippen molar-refractivity contribution in [2.24, 2.45) is 11.8 Å². The van der Waals surface area contributed by atoms with Crippen molar-refractivity contribution in [1.29, 1.82) is 0 Å². The first-order valence-electron chi connectivity index (χ1n) is 11.5. The quantitative estimate of drug-likeness (QED) is 0.552. The van der Waals surface area contributed by atoms with E-state index >= 15 is 0 Å². The molecule has 0 N–H and O–H groups in total. The number of fused-ring (bicyclic) bond motifs is 2. The van der Waals surface area contributed by atoms with Gasteiger partial charge in [0, 0.05) is 25.6 Å². The lowest BCUT2D eigenvalue weighted by Gasteiger charge is -2.40. The second-order valence-corrected chi connectivity index (χ2v) is 9.08. The molecular formula is C27H22N4O4. The van der Waals surface area contributed by atoms with E-state index in [0.717, 1.165) is 0 Å². The van der Waals surface area contributed by atoms with E-state index in [1.54, 1.807) is 72.7 Å². The van der Waals surface area contributed by atoms with Crippen LogP contribution in [0.3, 0.4) is 0 Å². The number of benzene rings is 2. The molecular weight excluding hydrogens is 444 g/mol. The van der Waals surface area contributed by atoms with Gasteiger partial charge in [0.05, 0.1) is 34.6 Å². The number of aromatic nitrogens is 1. The predicted octanol–water partition coefficient (Wildman–Crippen LogP) is 2.75. The molecule has 3 aliphatic heterocycles. The first-order chi connectivity index (χ1) is 17.0. The molecule has 2 fully saturated rings. The van der Waals surface area contributed by atoms with Crippen LogP contribution in [-0.2, 0) is 19.2 Å². The van der Waals surface area contributed by atoms with Crippen molar-refractivity contribution >= 4 is 40.7 Å². The summed E-state index contributed by atoms with van der Waals surface area (Å²) in [6.07, 6.45) is 1.57. The highest BCUT2D eigenvalue weighted by molar-refractivity contribution is 6.26. The molecule has 0 radical (unpaired) electrons. The Balaban J connectivity index is 1.47. The fraction of sp³-hybridized carbons (Fsp3) is 0.222. The van der Waals surface area contributed by atoms with E-state index in [9.17, 15) is 19.2 Å². The summed E-state index contributed by atoms with van der Waals surface area (Å²) in [7, 11) is 1.77. The van der Waals surface area contributed by atoms with Crippen LogP contribution in [0.2, 0.25) is 0 Å². The Morgan fingerprint density at radius 3 is 2.00 bits per heavy atom. The van der Waals surface area contributed by atoms with Crippen LogP contribution in [0.5, 0.6) is 0 Å². The molecule has 4 amide bonds. The molecule has 2 saturated heterocycles. The Kier molecular flexibility index (Phi) is 4.77. The molecule has 1 aromatic heterocycles. The number of carbonyl (C=O) groups is 4. The minimum Gasteiger partial charge on any atom is -0.360 e. The topological polar surface area (TPSA) is 90.9 Å². The summed E-state index contributed by atoms with van der Waals surface area (Å²) in [6, 6.07) is 20.4. The van der Waals surface area contributed by atoms with Gasteiger partial charge in [-0.25, -0.2) is 4.90 Å². The number of para-hydroxylation sites is 2. The molecule has 1 unspecified atom stereocenters. The lowest BCUT2D eigenvalue weighted by Crippen LogP contribution is -2.50. The van der Waals surface area contributed by atoms with Gasteiger partial charge in [-0.3, -0.25) is 29.1 Å². The minimum atomic E-state index is -0.840. The maximum absolute atomic E-state index is 13.9. The second kappa shape index (κ2) is 7.87. The zero-order chi connectivity index (χ0) is 24.3. The van der Waals surface area contributed by atoms with Crippen LogP contribution in [0.4, 0.5) is 17.1 Å². The highest BCUT2D eigenvalue weighted by atomic mass is 16.2. The number of rotatable bonds is 3. The van der Waals surface area contributed by atoms with Gasteiger partial charge in [0.2, 0.25) is 17.7 Å². The van der Waals surface area contributed by atoms with Crippen molar-refractivity contribution in [2.45, 2.75) is 18.4 Å². The third-order valence-corrected chi connectivity index (χ3v) is 7.28. The molecule has 3 aromatic rings. The van der Waals surface area contributed by atoms with Gasteiger partial charge in [0.1, 0.15) is 6.04 Å². The zero-order valence-electron chi connectivity index (χ0n) is 18.9. The van der Waals surface area contributed by atoms with Crippen molar-refractivity contribution < 1.29 is 19.2 Å². The van der Waals surface area contributed by atoms with E-state index in [0.29, 0.717) is 22.8 Å². The molecule has 0 bridgehead atoms. The van der Waals surface area contributed by atoms with Gasteiger partial charge in [-0.05, 0) is 36.4 Å². The lowest BCUT2D eigenvalue weighted by atomic mass is 9.72. The van der Waals surface area contributed by atoms with Crippen LogP contribution in [0.25, 0.3) is 0 Å². The van der Waals surface area contributed by atoms with Gasteiger partial charge in [-0.2, -0.15) is 0 Å². The summed E-state index contributed by atoms with van der Waals surface area (Å²) < 4.78 is 0. The molecule has 4 heterocycles. The summed E-state index contributed by atoms with van der Waals surface area (Å²) in [4.78, 5) is 63.0. The van der Waals surface area contributed by atoms with Gasteiger partial charge in [0.15, 0.2) is 0 Å². The summed E-state index contributed by atoms with van der Waals surface area (Å²) in [6.45, 7) is 0. The van der Waals surface area contributed by atoms with Crippen LogP contribution >= 0.6 is 0 Å². The van der Waals surface area contributed by atoms with Crippen molar-refractivity contribution in [3.05, 3.63) is 84.7 Å². The summed E-state index contributed by atoms with van der Waals surface area (Å²) in [5, 5.41) is 0. The fourth-order valence-electron chi connectivity index (χ4n) is 5.78. The maximum atomic E-state index is 13.9. The van der Waals surface area contributed by atoms with Gasteiger partial charge < -0.3 is 4.90 Å². The van der Waals surface area contributed by atoms with Crippen LogP contribution in [0.1, 0.15) is 18.0 Å². The highest BCUT2D eigenvalue weighted by Crippen LogP contribution is 2.51. The normalized spacial score (nSPS) is 25.8. The van der Waals surface area contributed by atoms with Gasteiger partial charge in [-0.15, -0.1) is 0 Å². The number of hydrogen-bond acceptors (Lipinski definition) is 6. The van der Waals surface area contributed by atoms with E-state index in [4.69, 9.17) is 0 Å². The molecule has 8 nitrogen and oxygen atoms in total. The Morgan fingerprint density at radius 1 is 0.714 bits per heavy atom. The molecule has 6 rings (SSSR count). The van der Waals surface area contributed by atoms with E-state index < -0.39 is 23.8 Å². The number of imide groups is 2. The molecule has 174 valence electrons. The van der Waals surface area contributed by atoms with E-state index in [1.807, 2.05) is 18.2 Å². The van der Waals surface area contributed by atoms with E-state index in [2.05, 4.69) is 4.98 Å². The minimum absolute atomic E-state index is 0.0475. The average molecular weight is 466 g/mol. The number of amides is 4. The molecule has 4 atom stereocenters. The molecule has 3 aliphatic rings. The smallest absolute Gasteiger partial charge is 0.257 e. The second-order valence-electron chi connectivity index (χ2n) is 9.08. The van der Waals surface area contributed by atoms with Crippen LogP contribution in [-0.4, -0.2) is 41.7 Å². The number of nitrogens with zero attached hydrogens (tertiary/aromatic N) is 4. The predicted molar refractivity (Wildman–Crippen MR) is 129 cm³/mol. The zero-order valence-corrected chi connectivity index (χ0v) is 18.9. The largest absolute Gasteiger partial charge is 0.360 e. The van der Waals surface area contributed by atoms with Crippen LogP contribution in [0, 0.1) is 11.8 Å². The molecule has 8 heteroatoms. The number of anilines is 3. The number of hydrogen-bond donors (Lipinski definition) is 0.